The van der Waals surface area contributed by atoms with E-state index < -0.39 is 0 Å². The van der Waals surface area contributed by atoms with E-state index in [1.165, 1.54) is 12.1 Å². The summed E-state index contributed by atoms with van der Waals surface area (Å²) in [6.45, 7) is 1.17. The molecule has 1 aromatic carbocycles. The van der Waals surface area contributed by atoms with Crippen LogP contribution < -0.4 is 5.32 Å². The van der Waals surface area contributed by atoms with Crippen molar-refractivity contribution in [3.8, 4) is 0 Å². The lowest BCUT2D eigenvalue weighted by Gasteiger charge is -2.03. The molecule has 0 radical (unpaired) electrons. The molecule has 0 aliphatic carbocycles. The SMILES string of the molecule is Fc1cccc(CNc2nnc([C@@H]3CCCO3)o2)c1. The summed E-state index contributed by atoms with van der Waals surface area (Å²) >= 11 is 0. The Hall–Kier alpha value is -1.95. The standard InChI is InChI=1S/C13H14FN3O2/c14-10-4-1-3-9(7-10)8-15-13-17-16-12(19-13)11-5-2-6-18-11/h1,3-4,7,11H,2,5-6,8H2,(H,15,17)/t11-/m0/s1. The van der Waals surface area contributed by atoms with Crippen LogP contribution in [0.3, 0.4) is 0 Å². The van der Waals surface area contributed by atoms with Crippen molar-refractivity contribution in [3.63, 3.8) is 0 Å². The van der Waals surface area contributed by atoms with Gasteiger partial charge in [0.15, 0.2) is 0 Å². The molecule has 1 fully saturated rings. The molecule has 0 amide bonds. The highest BCUT2D eigenvalue weighted by molar-refractivity contribution is 5.24. The van der Waals surface area contributed by atoms with Gasteiger partial charge in [-0.3, -0.25) is 0 Å². The molecule has 0 bridgehead atoms. The van der Waals surface area contributed by atoms with Crippen LogP contribution >= 0.6 is 0 Å². The van der Waals surface area contributed by atoms with E-state index in [4.69, 9.17) is 9.15 Å². The number of hydrogen-bond acceptors (Lipinski definition) is 5. The van der Waals surface area contributed by atoms with Crippen molar-refractivity contribution in [2.75, 3.05) is 11.9 Å². The zero-order chi connectivity index (χ0) is 13.1. The molecule has 1 saturated heterocycles. The molecule has 6 heteroatoms. The van der Waals surface area contributed by atoms with Crippen LogP contribution in [-0.2, 0) is 11.3 Å². The number of aromatic nitrogens is 2. The van der Waals surface area contributed by atoms with Gasteiger partial charge in [-0.25, -0.2) is 4.39 Å². The fourth-order valence-electron chi connectivity index (χ4n) is 2.03. The third-order valence-electron chi connectivity index (χ3n) is 2.98. The average Bonchev–Trinajstić information content (AvgIpc) is 3.07. The molecule has 19 heavy (non-hydrogen) atoms. The quantitative estimate of drug-likeness (QED) is 0.919. The maximum absolute atomic E-state index is 13.0. The van der Waals surface area contributed by atoms with Gasteiger partial charge in [0, 0.05) is 13.2 Å². The average molecular weight is 263 g/mol. The maximum atomic E-state index is 13.0. The molecule has 0 unspecified atom stereocenters. The van der Waals surface area contributed by atoms with E-state index in [9.17, 15) is 4.39 Å². The van der Waals surface area contributed by atoms with Crippen LogP contribution in [0.2, 0.25) is 0 Å². The van der Waals surface area contributed by atoms with Crippen molar-refractivity contribution in [2.24, 2.45) is 0 Å². The summed E-state index contributed by atoms with van der Waals surface area (Å²) in [4.78, 5) is 0. The maximum Gasteiger partial charge on any atom is 0.315 e. The number of nitrogens with zero attached hydrogens (tertiary/aromatic N) is 2. The number of halogens is 1. The van der Waals surface area contributed by atoms with Crippen molar-refractivity contribution in [3.05, 3.63) is 41.5 Å². The highest BCUT2D eigenvalue weighted by atomic mass is 19.1. The number of anilines is 1. The van der Waals surface area contributed by atoms with E-state index in [0.29, 0.717) is 18.5 Å². The van der Waals surface area contributed by atoms with Crippen LogP contribution in [0.4, 0.5) is 10.4 Å². The lowest BCUT2D eigenvalue weighted by Crippen LogP contribution is -1.99. The third-order valence-corrected chi connectivity index (χ3v) is 2.98. The molecule has 0 spiro atoms. The lowest BCUT2D eigenvalue weighted by atomic mass is 10.2. The summed E-state index contributed by atoms with van der Waals surface area (Å²) in [7, 11) is 0. The summed E-state index contributed by atoms with van der Waals surface area (Å²) in [6, 6.07) is 6.69. The Morgan fingerprint density at radius 1 is 1.37 bits per heavy atom. The van der Waals surface area contributed by atoms with Crippen LogP contribution in [0.5, 0.6) is 0 Å². The molecule has 0 saturated carbocycles. The van der Waals surface area contributed by atoms with Crippen molar-refractivity contribution >= 4 is 6.01 Å². The molecule has 1 atom stereocenters. The van der Waals surface area contributed by atoms with E-state index in [1.807, 2.05) is 6.07 Å². The van der Waals surface area contributed by atoms with Gasteiger partial charge in [-0.2, -0.15) is 0 Å². The van der Waals surface area contributed by atoms with E-state index in [2.05, 4.69) is 15.5 Å². The second-order valence-electron chi connectivity index (χ2n) is 4.43. The highest BCUT2D eigenvalue weighted by Crippen LogP contribution is 2.28. The zero-order valence-corrected chi connectivity index (χ0v) is 10.3. The van der Waals surface area contributed by atoms with E-state index in [0.717, 1.165) is 25.0 Å². The van der Waals surface area contributed by atoms with Gasteiger partial charge in [-0.15, -0.1) is 5.10 Å². The first-order valence-corrected chi connectivity index (χ1v) is 6.24. The smallest absolute Gasteiger partial charge is 0.315 e. The first-order chi connectivity index (χ1) is 9.31. The van der Waals surface area contributed by atoms with Gasteiger partial charge >= 0.3 is 6.01 Å². The normalized spacial score (nSPS) is 18.7. The first kappa shape index (κ1) is 12.1. The lowest BCUT2D eigenvalue weighted by molar-refractivity contribution is 0.0897. The Labute approximate surface area is 109 Å². The second-order valence-corrected chi connectivity index (χ2v) is 4.43. The van der Waals surface area contributed by atoms with E-state index in [1.54, 1.807) is 6.07 Å². The fourth-order valence-corrected chi connectivity index (χ4v) is 2.03. The molecule has 2 aromatic rings. The molecule has 1 aromatic heterocycles. The molecule has 5 nitrogen and oxygen atoms in total. The molecule has 3 rings (SSSR count). The summed E-state index contributed by atoms with van der Waals surface area (Å²) in [5, 5.41) is 10.8. The van der Waals surface area contributed by atoms with Crippen molar-refractivity contribution < 1.29 is 13.5 Å². The highest BCUT2D eigenvalue weighted by Gasteiger charge is 2.23. The second kappa shape index (κ2) is 5.36. The molecule has 1 N–H and O–H groups in total. The number of benzene rings is 1. The summed E-state index contributed by atoms with van der Waals surface area (Å²) < 4.78 is 23.9. The zero-order valence-electron chi connectivity index (χ0n) is 10.3. The number of nitrogens with one attached hydrogen (secondary N) is 1. The van der Waals surface area contributed by atoms with E-state index in [-0.39, 0.29) is 11.9 Å². The molecular formula is C13H14FN3O2. The molecule has 1 aliphatic rings. The minimum atomic E-state index is -0.259. The molecule has 100 valence electrons. The summed E-state index contributed by atoms with van der Waals surface area (Å²) in [5.74, 6) is 0.240. The van der Waals surface area contributed by atoms with Crippen LogP contribution in [0.15, 0.2) is 28.7 Å². The topological polar surface area (TPSA) is 60.2 Å². The van der Waals surface area contributed by atoms with Crippen molar-refractivity contribution in [1.29, 1.82) is 0 Å². The van der Waals surface area contributed by atoms with Gasteiger partial charge in [0.2, 0.25) is 5.89 Å². The van der Waals surface area contributed by atoms with Crippen LogP contribution in [0.1, 0.15) is 30.4 Å². The monoisotopic (exact) mass is 263 g/mol. The van der Waals surface area contributed by atoms with Gasteiger partial charge in [0.25, 0.3) is 0 Å². The predicted molar refractivity (Wildman–Crippen MR) is 66.0 cm³/mol. The van der Waals surface area contributed by atoms with Gasteiger partial charge in [-0.05, 0) is 30.5 Å². The predicted octanol–water partition coefficient (Wildman–Crippen LogP) is 2.67. The van der Waals surface area contributed by atoms with Gasteiger partial charge in [0.1, 0.15) is 11.9 Å². The van der Waals surface area contributed by atoms with Crippen molar-refractivity contribution in [2.45, 2.75) is 25.5 Å². The van der Waals surface area contributed by atoms with Gasteiger partial charge in [-0.1, -0.05) is 17.2 Å². The number of hydrogen-bond donors (Lipinski definition) is 1. The molecule has 1 aliphatic heterocycles. The Balaban J connectivity index is 1.61. The molecule has 2 heterocycles. The largest absolute Gasteiger partial charge is 0.405 e. The number of ether oxygens (including phenoxy) is 1. The van der Waals surface area contributed by atoms with Crippen LogP contribution in [0, 0.1) is 5.82 Å². The van der Waals surface area contributed by atoms with Crippen molar-refractivity contribution in [1.82, 2.24) is 10.2 Å². The van der Waals surface area contributed by atoms with Gasteiger partial charge < -0.3 is 14.5 Å². The van der Waals surface area contributed by atoms with Crippen LogP contribution in [0.25, 0.3) is 0 Å². The minimum absolute atomic E-state index is 0.0859. The molecular weight excluding hydrogens is 249 g/mol. The summed E-state index contributed by atoms with van der Waals surface area (Å²) in [5.41, 5.74) is 0.817. The Kier molecular flexibility index (Phi) is 3.41. The first-order valence-electron chi connectivity index (χ1n) is 6.24. The third kappa shape index (κ3) is 2.90. The Morgan fingerprint density at radius 3 is 3.11 bits per heavy atom. The fraction of sp³-hybridized carbons (Fsp3) is 0.385. The Bertz CT molecular complexity index is 552. The minimum Gasteiger partial charge on any atom is -0.405 e. The summed E-state index contributed by atoms with van der Waals surface area (Å²) in [6.07, 6.45) is 1.84. The van der Waals surface area contributed by atoms with Crippen LogP contribution in [-0.4, -0.2) is 16.8 Å². The van der Waals surface area contributed by atoms with E-state index >= 15 is 0 Å². The Morgan fingerprint density at radius 2 is 2.32 bits per heavy atom. The van der Waals surface area contributed by atoms with Gasteiger partial charge in [0.05, 0.1) is 0 Å². The number of rotatable bonds is 4.